The molecule has 0 saturated heterocycles. The Morgan fingerprint density at radius 2 is 2.18 bits per heavy atom. The minimum absolute atomic E-state index is 0.313. The molecule has 0 aromatic carbocycles. The average Bonchev–Trinajstić information content (AvgIpc) is 2.00. The lowest BCUT2D eigenvalue weighted by atomic mass is 10.7. The fourth-order valence-electron chi connectivity index (χ4n) is 0.389. The third-order valence-electron chi connectivity index (χ3n) is 1.58. The molecule has 0 amide bonds. The van der Waals surface area contributed by atoms with E-state index in [1.807, 2.05) is 0 Å². The minimum atomic E-state index is -0.981. The molecule has 0 unspecified atom stereocenters. The first-order valence-electron chi connectivity index (χ1n) is 3.63. The molecule has 0 aliphatic rings. The normalized spacial score (nSPS) is 10.8. The third kappa shape index (κ3) is 4.97. The molecule has 0 atom stereocenters. The van der Waals surface area contributed by atoms with Crippen LogP contribution in [0.3, 0.4) is 0 Å². The lowest BCUT2D eigenvalue weighted by molar-refractivity contribution is -0.135. The van der Waals surface area contributed by atoms with E-state index in [0.717, 1.165) is 6.16 Å². The van der Waals surface area contributed by atoms with Crippen molar-refractivity contribution in [3.8, 4) is 0 Å². The van der Waals surface area contributed by atoms with Crippen molar-refractivity contribution < 1.29 is 9.53 Å². The molecule has 0 saturated carbocycles. The van der Waals surface area contributed by atoms with E-state index in [0.29, 0.717) is 6.35 Å². The Morgan fingerprint density at radius 3 is 2.55 bits per heavy atom. The van der Waals surface area contributed by atoms with Crippen LogP contribution in [0, 0.1) is 0 Å². The van der Waals surface area contributed by atoms with E-state index < -0.39 is 7.26 Å². The number of esters is 1. The molecule has 2 nitrogen and oxygen atoms in total. The highest BCUT2D eigenvalue weighted by Crippen LogP contribution is 2.50. The summed E-state index contributed by atoms with van der Waals surface area (Å²) in [6.07, 6.45) is 2.89. The van der Waals surface area contributed by atoms with Gasteiger partial charge in [-0.25, -0.2) is 4.79 Å². The summed E-state index contributed by atoms with van der Waals surface area (Å²) in [5, 5.41) is 0. The van der Waals surface area contributed by atoms with E-state index in [4.69, 9.17) is 4.74 Å². The van der Waals surface area contributed by atoms with Crippen LogP contribution in [0.4, 0.5) is 0 Å². The molecule has 3 heteroatoms. The van der Waals surface area contributed by atoms with Gasteiger partial charge in [0.1, 0.15) is 0 Å². The number of hydrogen-bond donors (Lipinski definition) is 0. The van der Waals surface area contributed by atoms with Gasteiger partial charge in [-0.3, -0.25) is 0 Å². The van der Waals surface area contributed by atoms with Crippen molar-refractivity contribution in [3.05, 3.63) is 12.7 Å². The van der Waals surface area contributed by atoms with Gasteiger partial charge in [0.05, 0.1) is 19.5 Å². The Hall–Kier alpha value is -0.360. The maximum absolute atomic E-state index is 10.7. The Morgan fingerprint density at radius 1 is 1.64 bits per heavy atom. The first-order chi connectivity index (χ1) is 5.02. The maximum atomic E-state index is 10.7. The molecule has 0 spiro atoms. The number of carbonyl (C=O) groups is 1. The van der Waals surface area contributed by atoms with Crippen LogP contribution in [0.2, 0.25) is 0 Å². The van der Waals surface area contributed by atoms with Gasteiger partial charge in [0.15, 0.2) is 6.35 Å². The second-order valence-corrected chi connectivity index (χ2v) is 7.81. The van der Waals surface area contributed by atoms with Crippen LogP contribution in [0.25, 0.3) is 0 Å². The Bertz CT molecular complexity index is 152. The highest BCUT2D eigenvalue weighted by atomic mass is 31.2. The van der Waals surface area contributed by atoms with Crippen LogP contribution in [-0.4, -0.2) is 31.8 Å². The van der Waals surface area contributed by atoms with Gasteiger partial charge in [0.2, 0.25) is 0 Å². The van der Waals surface area contributed by atoms with Crippen LogP contribution in [-0.2, 0) is 9.53 Å². The molecule has 0 heterocycles. The summed E-state index contributed by atoms with van der Waals surface area (Å²) in [6.45, 7) is 9.79. The predicted octanol–water partition coefficient (Wildman–Crippen LogP) is 1.97. The van der Waals surface area contributed by atoms with Crippen molar-refractivity contribution in [1.82, 2.24) is 0 Å². The minimum Gasteiger partial charge on any atom is -0.427 e. The summed E-state index contributed by atoms with van der Waals surface area (Å²) in [6, 6.07) is 0. The molecular formula is C8H16O2P+. The largest absolute Gasteiger partial charge is 0.427 e. The lowest BCUT2D eigenvalue weighted by Crippen LogP contribution is -2.06. The monoisotopic (exact) mass is 175 g/mol. The van der Waals surface area contributed by atoms with Gasteiger partial charge in [-0.05, 0) is 6.92 Å². The van der Waals surface area contributed by atoms with Crippen molar-refractivity contribution in [2.45, 2.75) is 6.92 Å². The number of ether oxygens (including phenoxy) is 1. The van der Waals surface area contributed by atoms with Crippen LogP contribution in [0.15, 0.2) is 12.7 Å². The van der Waals surface area contributed by atoms with E-state index in [1.165, 1.54) is 6.08 Å². The molecule has 0 N–H and O–H groups in total. The second-order valence-electron chi connectivity index (χ2n) is 3.05. The Labute approximate surface area is 69.0 Å². The number of hydrogen-bond acceptors (Lipinski definition) is 2. The zero-order valence-corrected chi connectivity index (χ0v) is 8.36. The highest BCUT2D eigenvalue weighted by molar-refractivity contribution is 7.74. The zero-order chi connectivity index (χ0) is 8.91. The van der Waals surface area contributed by atoms with Crippen molar-refractivity contribution in [2.75, 3.05) is 25.8 Å². The number of rotatable bonds is 4. The molecule has 0 fully saturated rings. The predicted molar refractivity (Wildman–Crippen MR) is 50.5 cm³/mol. The maximum Gasteiger partial charge on any atom is 0.333 e. The van der Waals surface area contributed by atoms with Crippen LogP contribution in [0.1, 0.15) is 6.92 Å². The summed E-state index contributed by atoms with van der Waals surface area (Å²) < 4.78 is 4.94. The van der Waals surface area contributed by atoms with Crippen molar-refractivity contribution >= 4 is 13.2 Å². The van der Waals surface area contributed by atoms with E-state index in [-0.39, 0.29) is 5.97 Å². The summed E-state index contributed by atoms with van der Waals surface area (Å²) in [5.74, 6) is -0.313. The molecule has 0 radical (unpaired) electrons. The SMILES string of the molecule is C=CC(=O)OC[P+](C)(C)CC. The van der Waals surface area contributed by atoms with Gasteiger partial charge >= 0.3 is 5.97 Å². The molecule has 0 aliphatic carbocycles. The topological polar surface area (TPSA) is 26.3 Å². The molecule has 64 valence electrons. The van der Waals surface area contributed by atoms with Crippen molar-refractivity contribution in [1.29, 1.82) is 0 Å². The smallest absolute Gasteiger partial charge is 0.333 e. The van der Waals surface area contributed by atoms with Crippen LogP contribution >= 0.6 is 7.26 Å². The lowest BCUT2D eigenvalue weighted by Gasteiger charge is -2.14. The second kappa shape index (κ2) is 4.50. The van der Waals surface area contributed by atoms with Crippen LogP contribution < -0.4 is 0 Å². The first kappa shape index (κ1) is 10.6. The van der Waals surface area contributed by atoms with Crippen molar-refractivity contribution in [3.63, 3.8) is 0 Å². The van der Waals surface area contributed by atoms with E-state index >= 15 is 0 Å². The highest BCUT2D eigenvalue weighted by Gasteiger charge is 2.23. The van der Waals surface area contributed by atoms with Crippen molar-refractivity contribution in [2.24, 2.45) is 0 Å². The molecule has 0 aromatic heterocycles. The molecule has 0 bridgehead atoms. The molecular weight excluding hydrogens is 159 g/mol. The first-order valence-corrected chi connectivity index (χ1v) is 6.68. The van der Waals surface area contributed by atoms with Gasteiger partial charge < -0.3 is 4.74 Å². The Kier molecular flexibility index (Phi) is 4.36. The van der Waals surface area contributed by atoms with Crippen LogP contribution in [0.5, 0.6) is 0 Å². The molecule has 0 aromatic rings. The van der Waals surface area contributed by atoms with E-state index in [1.54, 1.807) is 0 Å². The average molecular weight is 175 g/mol. The Balaban J connectivity index is 3.69. The summed E-state index contributed by atoms with van der Waals surface area (Å²) in [7, 11) is -0.981. The third-order valence-corrected chi connectivity index (χ3v) is 4.12. The van der Waals surface area contributed by atoms with E-state index in [2.05, 4.69) is 26.8 Å². The fourth-order valence-corrected chi connectivity index (χ4v) is 1.05. The van der Waals surface area contributed by atoms with Gasteiger partial charge in [-0.2, -0.15) is 0 Å². The summed E-state index contributed by atoms with van der Waals surface area (Å²) >= 11 is 0. The summed E-state index contributed by atoms with van der Waals surface area (Å²) in [4.78, 5) is 10.7. The van der Waals surface area contributed by atoms with Gasteiger partial charge in [-0.1, -0.05) is 6.58 Å². The van der Waals surface area contributed by atoms with Gasteiger partial charge in [0.25, 0.3) is 0 Å². The fraction of sp³-hybridized carbons (Fsp3) is 0.625. The quantitative estimate of drug-likeness (QED) is 0.371. The van der Waals surface area contributed by atoms with Gasteiger partial charge in [0, 0.05) is 13.3 Å². The summed E-state index contributed by atoms with van der Waals surface area (Å²) in [5.41, 5.74) is 0. The van der Waals surface area contributed by atoms with Gasteiger partial charge in [-0.15, -0.1) is 0 Å². The number of carbonyl (C=O) groups excluding carboxylic acids is 1. The van der Waals surface area contributed by atoms with E-state index in [9.17, 15) is 4.79 Å². The molecule has 11 heavy (non-hydrogen) atoms. The molecule has 0 aliphatic heterocycles. The molecule has 0 rings (SSSR count). The standard InChI is InChI=1S/C8H16O2P/c1-5-8(9)10-7-11(3,4)6-2/h5H,1,6-7H2,2-4H3/q+1. The zero-order valence-electron chi connectivity index (χ0n) is 7.46.